The van der Waals surface area contributed by atoms with Crippen LogP contribution in [0.3, 0.4) is 0 Å². The summed E-state index contributed by atoms with van der Waals surface area (Å²) in [4.78, 5) is 0. The molecule has 2 N–H and O–H groups in total. The molecule has 5 heteroatoms. The SMILES string of the molecule is Cc1cc(-c2cn(-c3ccc(N)cc3)nn2)ccc1F. The Kier molecular flexibility index (Phi) is 2.95. The Labute approximate surface area is 115 Å². The number of halogens is 1. The molecular weight excluding hydrogens is 255 g/mol. The van der Waals surface area contributed by atoms with Crippen LogP contribution in [0, 0.1) is 12.7 Å². The first-order chi connectivity index (χ1) is 9.63. The van der Waals surface area contributed by atoms with Gasteiger partial charge in [-0.1, -0.05) is 5.21 Å². The maximum absolute atomic E-state index is 13.3. The molecule has 0 aliphatic heterocycles. The van der Waals surface area contributed by atoms with Gasteiger partial charge >= 0.3 is 0 Å². The van der Waals surface area contributed by atoms with Crippen LogP contribution in [0.1, 0.15) is 5.56 Å². The molecular formula is C15H13FN4. The van der Waals surface area contributed by atoms with Crippen LogP contribution in [0.15, 0.2) is 48.7 Å². The molecule has 3 rings (SSSR count). The first-order valence-corrected chi connectivity index (χ1v) is 6.18. The third-order valence-corrected chi connectivity index (χ3v) is 3.10. The number of hydrogen-bond donors (Lipinski definition) is 1. The van der Waals surface area contributed by atoms with Gasteiger partial charge in [0.1, 0.15) is 11.5 Å². The predicted molar refractivity (Wildman–Crippen MR) is 75.9 cm³/mol. The molecule has 20 heavy (non-hydrogen) atoms. The minimum Gasteiger partial charge on any atom is -0.399 e. The van der Waals surface area contributed by atoms with Crippen LogP contribution in [0.4, 0.5) is 10.1 Å². The van der Waals surface area contributed by atoms with Gasteiger partial charge in [-0.3, -0.25) is 0 Å². The number of hydrogen-bond acceptors (Lipinski definition) is 3. The molecule has 4 nitrogen and oxygen atoms in total. The lowest BCUT2D eigenvalue weighted by Gasteiger charge is -2.00. The molecule has 0 saturated heterocycles. The molecule has 0 aliphatic rings. The monoisotopic (exact) mass is 268 g/mol. The van der Waals surface area contributed by atoms with Gasteiger partial charge in [0.2, 0.25) is 0 Å². The van der Waals surface area contributed by atoms with Crippen molar-refractivity contribution >= 4 is 5.69 Å². The molecule has 0 spiro atoms. The van der Waals surface area contributed by atoms with E-state index in [4.69, 9.17) is 5.73 Å². The fourth-order valence-electron chi connectivity index (χ4n) is 1.95. The summed E-state index contributed by atoms with van der Waals surface area (Å²) in [6.45, 7) is 1.73. The normalized spacial score (nSPS) is 10.7. The highest BCUT2D eigenvalue weighted by Crippen LogP contribution is 2.20. The summed E-state index contributed by atoms with van der Waals surface area (Å²) in [7, 11) is 0. The zero-order valence-corrected chi connectivity index (χ0v) is 10.9. The van der Waals surface area contributed by atoms with Gasteiger partial charge in [0.05, 0.1) is 11.9 Å². The highest BCUT2D eigenvalue weighted by atomic mass is 19.1. The lowest BCUT2D eigenvalue weighted by Crippen LogP contribution is -1.95. The van der Waals surface area contributed by atoms with Crippen LogP contribution in [0.25, 0.3) is 16.9 Å². The first-order valence-electron chi connectivity index (χ1n) is 6.18. The summed E-state index contributed by atoms with van der Waals surface area (Å²) >= 11 is 0. The summed E-state index contributed by atoms with van der Waals surface area (Å²) in [6.07, 6.45) is 1.80. The van der Waals surface area contributed by atoms with Gasteiger partial charge in [-0.15, -0.1) is 5.10 Å². The van der Waals surface area contributed by atoms with E-state index in [0.29, 0.717) is 16.9 Å². The van der Waals surface area contributed by atoms with Crippen LogP contribution < -0.4 is 5.73 Å². The van der Waals surface area contributed by atoms with E-state index in [2.05, 4.69) is 10.3 Å². The topological polar surface area (TPSA) is 56.7 Å². The highest BCUT2D eigenvalue weighted by molar-refractivity contribution is 5.59. The standard InChI is InChI=1S/C15H13FN4/c1-10-8-11(2-7-14(10)16)15-9-20(19-18-15)13-5-3-12(17)4-6-13/h2-9H,17H2,1H3. The van der Waals surface area contributed by atoms with Gasteiger partial charge in [-0.05, 0) is 55.0 Å². The quantitative estimate of drug-likeness (QED) is 0.727. The Hall–Kier alpha value is -2.69. The average molecular weight is 268 g/mol. The van der Waals surface area contributed by atoms with Crippen molar-refractivity contribution in [2.45, 2.75) is 6.92 Å². The summed E-state index contributed by atoms with van der Waals surface area (Å²) < 4.78 is 14.9. The van der Waals surface area contributed by atoms with Crippen molar-refractivity contribution in [3.8, 4) is 16.9 Å². The maximum atomic E-state index is 13.3. The second-order valence-corrected chi connectivity index (χ2v) is 4.60. The Morgan fingerprint density at radius 3 is 2.55 bits per heavy atom. The fraction of sp³-hybridized carbons (Fsp3) is 0.0667. The smallest absolute Gasteiger partial charge is 0.126 e. The number of benzene rings is 2. The minimum atomic E-state index is -0.223. The molecule has 2 aromatic carbocycles. The Morgan fingerprint density at radius 1 is 1.10 bits per heavy atom. The van der Waals surface area contributed by atoms with Crippen LogP contribution >= 0.6 is 0 Å². The van der Waals surface area contributed by atoms with Crippen molar-refractivity contribution in [3.63, 3.8) is 0 Å². The van der Waals surface area contributed by atoms with Gasteiger partial charge < -0.3 is 5.73 Å². The van der Waals surface area contributed by atoms with E-state index >= 15 is 0 Å². The van der Waals surface area contributed by atoms with Crippen LogP contribution in [-0.4, -0.2) is 15.0 Å². The van der Waals surface area contributed by atoms with Crippen LogP contribution in [0.2, 0.25) is 0 Å². The van der Waals surface area contributed by atoms with Gasteiger partial charge in [-0.2, -0.15) is 0 Å². The first kappa shape index (κ1) is 12.3. The van der Waals surface area contributed by atoms with Gasteiger partial charge in [-0.25, -0.2) is 9.07 Å². The zero-order chi connectivity index (χ0) is 14.1. The molecule has 100 valence electrons. The summed E-state index contributed by atoms with van der Waals surface area (Å²) in [5.74, 6) is -0.223. The van der Waals surface area contributed by atoms with Gasteiger partial charge in [0, 0.05) is 11.3 Å². The van der Waals surface area contributed by atoms with Crippen molar-refractivity contribution in [3.05, 3.63) is 60.0 Å². The van der Waals surface area contributed by atoms with Gasteiger partial charge in [0.15, 0.2) is 0 Å². The molecule has 0 atom stereocenters. The number of aromatic nitrogens is 3. The van der Waals surface area contributed by atoms with Crippen molar-refractivity contribution < 1.29 is 4.39 Å². The summed E-state index contributed by atoms with van der Waals surface area (Å²) in [5, 5.41) is 8.19. The largest absolute Gasteiger partial charge is 0.399 e. The van der Waals surface area contributed by atoms with E-state index in [1.807, 2.05) is 12.1 Å². The average Bonchev–Trinajstić information content (AvgIpc) is 2.92. The molecule has 0 bridgehead atoms. The lowest BCUT2D eigenvalue weighted by molar-refractivity contribution is 0.619. The summed E-state index contributed by atoms with van der Waals surface area (Å²) in [5.41, 5.74) is 9.35. The number of anilines is 1. The minimum absolute atomic E-state index is 0.223. The lowest BCUT2D eigenvalue weighted by atomic mass is 10.1. The molecule has 0 radical (unpaired) electrons. The second-order valence-electron chi connectivity index (χ2n) is 4.60. The zero-order valence-electron chi connectivity index (χ0n) is 10.9. The Bertz CT molecular complexity index is 747. The van der Waals surface area contributed by atoms with E-state index in [-0.39, 0.29) is 5.82 Å². The molecule has 0 amide bonds. The maximum Gasteiger partial charge on any atom is 0.126 e. The second kappa shape index (κ2) is 4.77. The van der Waals surface area contributed by atoms with Crippen molar-refractivity contribution in [1.82, 2.24) is 15.0 Å². The van der Waals surface area contributed by atoms with Crippen molar-refractivity contribution in [2.75, 3.05) is 5.73 Å². The van der Waals surface area contributed by atoms with Gasteiger partial charge in [0.25, 0.3) is 0 Å². The third kappa shape index (κ3) is 2.25. The predicted octanol–water partition coefficient (Wildman–Crippen LogP) is 2.96. The molecule has 0 saturated carbocycles. The van der Waals surface area contributed by atoms with E-state index in [0.717, 1.165) is 11.3 Å². The van der Waals surface area contributed by atoms with E-state index < -0.39 is 0 Å². The molecule has 0 unspecified atom stereocenters. The number of rotatable bonds is 2. The molecule has 0 fully saturated rings. The third-order valence-electron chi connectivity index (χ3n) is 3.10. The van der Waals surface area contributed by atoms with Crippen molar-refractivity contribution in [2.24, 2.45) is 0 Å². The molecule has 1 aromatic heterocycles. The van der Waals surface area contributed by atoms with E-state index in [9.17, 15) is 4.39 Å². The number of aryl methyl sites for hydroxylation is 1. The molecule has 0 aliphatic carbocycles. The number of nitrogens with zero attached hydrogens (tertiary/aromatic N) is 3. The fourth-order valence-corrected chi connectivity index (χ4v) is 1.95. The van der Waals surface area contributed by atoms with Crippen LogP contribution in [0.5, 0.6) is 0 Å². The Balaban J connectivity index is 1.97. The van der Waals surface area contributed by atoms with E-state index in [1.165, 1.54) is 6.07 Å². The number of nitrogens with two attached hydrogens (primary N) is 1. The molecule has 3 aromatic rings. The molecule has 1 heterocycles. The summed E-state index contributed by atoms with van der Waals surface area (Å²) in [6, 6.07) is 12.2. The van der Waals surface area contributed by atoms with Crippen LogP contribution in [-0.2, 0) is 0 Å². The number of nitrogen functional groups attached to an aromatic ring is 1. The van der Waals surface area contributed by atoms with E-state index in [1.54, 1.807) is 42.1 Å². The highest BCUT2D eigenvalue weighted by Gasteiger charge is 2.07. The Morgan fingerprint density at radius 2 is 1.85 bits per heavy atom. The van der Waals surface area contributed by atoms with Crippen molar-refractivity contribution in [1.29, 1.82) is 0 Å².